The Labute approximate surface area is 166 Å². The molecule has 0 aliphatic rings. The van der Waals surface area contributed by atoms with E-state index in [4.69, 9.17) is 4.74 Å². The van der Waals surface area contributed by atoms with Gasteiger partial charge in [-0.25, -0.2) is 9.78 Å². The Hall–Kier alpha value is -3.03. The predicted octanol–water partition coefficient (Wildman–Crippen LogP) is 5.27. The number of para-hydroxylation sites is 2. The molecule has 3 aromatic rings. The molecule has 0 aliphatic heterocycles. The van der Waals surface area contributed by atoms with Gasteiger partial charge in [0.2, 0.25) is 5.82 Å². The summed E-state index contributed by atoms with van der Waals surface area (Å²) in [7, 11) is 1.52. The molecule has 0 bridgehead atoms. The van der Waals surface area contributed by atoms with E-state index in [1.54, 1.807) is 31.2 Å². The highest BCUT2D eigenvalue weighted by atomic mass is 19.4. The van der Waals surface area contributed by atoms with Crippen LogP contribution in [0, 0.1) is 0 Å². The molecule has 5 nitrogen and oxygen atoms in total. The zero-order valence-electron chi connectivity index (χ0n) is 16.2. The monoisotopic (exact) mass is 405 g/mol. The lowest BCUT2D eigenvalue weighted by molar-refractivity contribution is -0.147. The maximum atomic E-state index is 13.6. The van der Waals surface area contributed by atoms with Gasteiger partial charge in [0.1, 0.15) is 6.61 Å². The lowest BCUT2D eigenvalue weighted by Crippen LogP contribution is -2.34. The number of nitrogens with zero attached hydrogens (tertiary/aromatic N) is 3. The minimum absolute atomic E-state index is 0.0631. The van der Waals surface area contributed by atoms with Gasteiger partial charge in [0.05, 0.1) is 17.1 Å². The molecule has 29 heavy (non-hydrogen) atoms. The SMILES string of the molecule is CC[C@H](CN(C)C(=O)OCc1ccccc1)n1c(C(F)(F)F)nc2ccccc21. The highest BCUT2D eigenvalue weighted by molar-refractivity contribution is 5.76. The number of carbonyl (C=O) groups is 1. The molecule has 0 N–H and O–H groups in total. The standard InChI is InChI=1S/C21H22F3N3O2/c1-3-16(13-26(2)20(28)29-14-15-9-5-4-6-10-15)27-18-12-8-7-11-17(18)25-19(27)21(22,23)24/h4-12,16H,3,13-14H2,1-2H3/t16-/m1/s1. The first-order valence-electron chi connectivity index (χ1n) is 9.27. The fourth-order valence-corrected chi connectivity index (χ4v) is 3.23. The molecule has 1 heterocycles. The van der Waals surface area contributed by atoms with Gasteiger partial charge >= 0.3 is 12.3 Å². The summed E-state index contributed by atoms with van der Waals surface area (Å²) in [4.78, 5) is 17.4. The van der Waals surface area contributed by atoms with E-state index in [1.807, 2.05) is 30.3 Å². The molecule has 3 rings (SSSR count). The van der Waals surface area contributed by atoms with Crippen molar-refractivity contribution in [2.45, 2.75) is 32.2 Å². The average Bonchev–Trinajstić information content (AvgIpc) is 3.11. The van der Waals surface area contributed by atoms with Crippen molar-refractivity contribution in [1.29, 1.82) is 0 Å². The van der Waals surface area contributed by atoms with E-state index < -0.39 is 24.1 Å². The molecule has 1 amide bonds. The summed E-state index contributed by atoms with van der Waals surface area (Å²) in [6, 6.07) is 15.1. The first-order valence-corrected chi connectivity index (χ1v) is 9.27. The molecule has 0 radical (unpaired) electrons. The van der Waals surface area contributed by atoms with Crippen molar-refractivity contribution in [2.24, 2.45) is 0 Å². The number of carbonyl (C=O) groups excluding carboxylic acids is 1. The Kier molecular flexibility index (Phi) is 6.10. The molecule has 1 aromatic heterocycles. The molecule has 0 spiro atoms. The van der Waals surface area contributed by atoms with Gasteiger partial charge in [-0.3, -0.25) is 0 Å². The van der Waals surface area contributed by atoms with Crippen molar-refractivity contribution in [1.82, 2.24) is 14.5 Å². The van der Waals surface area contributed by atoms with Crippen LogP contribution >= 0.6 is 0 Å². The number of imidazole rings is 1. The van der Waals surface area contributed by atoms with Crippen LogP contribution in [-0.2, 0) is 17.5 Å². The molecule has 2 aromatic carbocycles. The average molecular weight is 405 g/mol. The third kappa shape index (κ3) is 4.70. The second kappa shape index (κ2) is 8.55. The summed E-state index contributed by atoms with van der Waals surface area (Å²) < 4.78 is 47.3. The number of aromatic nitrogens is 2. The fraction of sp³-hybridized carbons (Fsp3) is 0.333. The van der Waals surface area contributed by atoms with E-state index in [9.17, 15) is 18.0 Å². The van der Waals surface area contributed by atoms with E-state index in [1.165, 1.54) is 16.5 Å². The smallest absolute Gasteiger partial charge is 0.445 e. The van der Waals surface area contributed by atoms with E-state index >= 15 is 0 Å². The fourth-order valence-electron chi connectivity index (χ4n) is 3.23. The predicted molar refractivity (Wildman–Crippen MR) is 103 cm³/mol. The van der Waals surface area contributed by atoms with E-state index in [0.717, 1.165) is 5.56 Å². The number of amides is 1. The second-order valence-electron chi connectivity index (χ2n) is 6.77. The molecule has 0 unspecified atom stereocenters. The quantitative estimate of drug-likeness (QED) is 0.561. The number of alkyl halides is 3. The van der Waals surface area contributed by atoms with Crippen LogP contribution in [-0.4, -0.2) is 34.1 Å². The van der Waals surface area contributed by atoms with Crippen LogP contribution in [0.15, 0.2) is 54.6 Å². The number of fused-ring (bicyclic) bond motifs is 1. The molecule has 1 atom stereocenters. The van der Waals surface area contributed by atoms with Gasteiger partial charge < -0.3 is 14.2 Å². The van der Waals surface area contributed by atoms with Crippen LogP contribution in [0.4, 0.5) is 18.0 Å². The van der Waals surface area contributed by atoms with Crippen molar-refractivity contribution in [2.75, 3.05) is 13.6 Å². The van der Waals surface area contributed by atoms with Crippen molar-refractivity contribution in [3.8, 4) is 0 Å². The number of benzene rings is 2. The number of rotatable bonds is 6. The highest BCUT2D eigenvalue weighted by Gasteiger charge is 2.39. The molecule has 0 fully saturated rings. The minimum atomic E-state index is -4.60. The molecule has 0 saturated carbocycles. The maximum Gasteiger partial charge on any atom is 0.449 e. The van der Waals surface area contributed by atoms with Crippen molar-refractivity contribution >= 4 is 17.1 Å². The van der Waals surface area contributed by atoms with Gasteiger partial charge in [-0.05, 0) is 24.1 Å². The highest BCUT2D eigenvalue weighted by Crippen LogP contribution is 2.34. The summed E-state index contributed by atoms with van der Waals surface area (Å²) in [5.41, 5.74) is 1.49. The Morgan fingerprint density at radius 3 is 2.45 bits per heavy atom. The zero-order chi connectivity index (χ0) is 21.0. The van der Waals surface area contributed by atoms with Crippen molar-refractivity contribution in [3.05, 3.63) is 66.0 Å². The first-order chi connectivity index (χ1) is 13.8. The van der Waals surface area contributed by atoms with Crippen LogP contribution in [0.25, 0.3) is 11.0 Å². The van der Waals surface area contributed by atoms with E-state index in [0.29, 0.717) is 11.9 Å². The molecule has 0 saturated heterocycles. The molecular formula is C21H22F3N3O2. The van der Waals surface area contributed by atoms with Gasteiger partial charge in [-0.2, -0.15) is 13.2 Å². The van der Waals surface area contributed by atoms with Crippen LogP contribution < -0.4 is 0 Å². The Morgan fingerprint density at radius 2 is 1.79 bits per heavy atom. The van der Waals surface area contributed by atoms with Crippen molar-refractivity contribution < 1.29 is 22.7 Å². The van der Waals surface area contributed by atoms with E-state index in [2.05, 4.69) is 4.98 Å². The summed E-state index contributed by atoms with van der Waals surface area (Å²) in [6.07, 6.45) is -4.80. The molecular weight excluding hydrogens is 383 g/mol. The van der Waals surface area contributed by atoms with Gasteiger partial charge in [0, 0.05) is 13.6 Å². The Balaban J connectivity index is 1.80. The summed E-state index contributed by atoms with van der Waals surface area (Å²) in [5, 5.41) is 0. The topological polar surface area (TPSA) is 47.4 Å². The van der Waals surface area contributed by atoms with Gasteiger partial charge in [0.15, 0.2) is 0 Å². The number of likely N-dealkylation sites (N-methyl/N-ethyl adjacent to an activating group) is 1. The maximum absolute atomic E-state index is 13.6. The Bertz CT molecular complexity index is 970. The number of halogens is 3. The van der Waals surface area contributed by atoms with Gasteiger partial charge in [-0.1, -0.05) is 49.4 Å². The van der Waals surface area contributed by atoms with Gasteiger partial charge in [0.25, 0.3) is 0 Å². The second-order valence-corrected chi connectivity index (χ2v) is 6.77. The number of hydrogen-bond acceptors (Lipinski definition) is 3. The molecule has 0 aliphatic carbocycles. The number of hydrogen-bond donors (Lipinski definition) is 0. The Morgan fingerprint density at radius 1 is 1.14 bits per heavy atom. The molecule has 154 valence electrons. The minimum Gasteiger partial charge on any atom is -0.445 e. The zero-order valence-corrected chi connectivity index (χ0v) is 16.2. The van der Waals surface area contributed by atoms with Crippen LogP contribution in [0.5, 0.6) is 0 Å². The van der Waals surface area contributed by atoms with Gasteiger partial charge in [-0.15, -0.1) is 0 Å². The normalized spacial score (nSPS) is 12.7. The number of ether oxygens (including phenoxy) is 1. The summed E-state index contributed by atoms with van der Waals surface area (Å²) >= 11 is 0. The summed E-state index contributed by atoms with van der Waals surface area (Å²) in [5.74, 6) is -0.961. The summed E-state index contributed by atoms with van der Waals surface area (Å²) in [6.45, 7) is 1.94. The van der Waals surface area contributed by atoms with Crippen LogP contribution in [0.3, 0.4) is 0 Å². The molecule has 8 heteroatoms. The van der Waals surface area contributed by atoms with E-state index in [-0.39, 0.29) is 18.7 Å². The largest absolute Gasteiger partial charge is 0.449 e. The van der Waals surface area contributed by atoms with Crippen LogP contribution in [0.2, 0.25) is 0 Å². The third-order valence-corrected chi connectivity index (χ3v) is 4.69. The van der Waals surface area contributed by atoms with Crippen molar-refractivity contribution in [3.63, 3.8) is 0 Å². The van der Waals surface area contributed by atoms with Crippen LogP contribution in [0.1, 0.15) is 30.8 Å². The third-order valence-electron chi connectivity index (χ3n) is 4.69. The lowest BCUT2D eigenvalue weighted by atomic mass is 10.2. The first kappa shape index (κ1) is 20.7. The lowest BCUT2D eigenvalue weighted by Gasteiger charge is -2.26.